The van der Waals surface area contributed by atoms with Crippen LogP contribution in [0.4, 0.5) is 13.2 Å². The standard InChI is InChI=1S/C13H15F3O2/c1-8-5-10(7-18-8)12(17)9-3-2-4-11(6-9)13(14,15)16/h2-4,6,8,10,12,17H,5,7H2,1H3. The van der Waals surface area contributed by atoms with Gasteiger partial charge in [-0.05, 0) is 31.0 Å². The van der Waals surface area contributed by atoms with E-state index in [1.165, 1.54) is 12.1 Å². The van der Waals surface area contributed by atoms with Crippen LogP contribution < -0.4 is 0 Å². The van der Waals surface area contributed by atoms with Crippen molar-refractivity contribution in [2.75, 3.05) is 6.61 Å². The lowest BCUT2D eigenvalue weighted by Gasteiger charge is -2.18. The average Bonchev–Trinajstić information content (AvgIpc) is 2.74. The van der Waals surface area contributed by atoms with Crippen LogP contribution in [0.25, 0.3) is 0 Å². The average molecular weight is 260 g/mol. The van der Waals surface area contributed by atoms with Crippen molar-refractivity contribution in [2.24, 2.45) is 5.92 Å². The second kappa shape index (κ2) is 4.90. The van der Waals surface area contributed by atoms with E-state index in [-0.39, 0.29) is 12.0 Å². The van der Waals surface area contributed by atoms with Gasteiger partial charge in [0.2, 0.25) is 0 Å². The highest BCUT2D eigenvalue weighted by Gasteiger charge is 2.33. The highest BCUT2D eigenvalue weighted by Crippen LogP contribution is 2.35. The molecule has 1 aliphatic rings. The van der Waals surface area contributed by atoms with Crippen molar-refractivity contribution in [2.45, 2.75) is 31.7 Å². The predicted molar refractivity (Wildman–Crippen MR) is 59.9 cm³/mol. The number of aliphatic hydroxyl groups excluding tert-OH is 1. The Morgan fingerprint density at radius 2 is 2.11 bits per heavy atom. The van der Waals surface area contributed by atoms with Crippen LogP contribution in [0.15, 0.2) is 24.3 Å². The number of hydrogen-bond acceptors (Lipinski definition) is 2. The molecule has 0 aliphatic carbocycles. The predicted octanol–water partition coefficient (Wildman–Crippen LogP) is 3.16. The van der Waals surface area contributed by atoms with Gasteiger partial charge in [-0.3, -0.25) is 0 Å². The lowest BCUT2D eigenvalue weighted by Crippen LogP contribution is -2.14. The van der Waals surface area contributed by atoms with Crippen LogP contribution in [0.3, 0.4) is 0 Å². The van der Waals surface area contributed by atoms with Crippen molar-refractivity contribution >= 4 is 0 Å². The van der Waals surface area contributed by atoms with Gasteiger partial charge < -0.3 is 9.84 Å². The van der Waals surface area contributed by atoms with Gasteiger partial charge in [-0.1, -0.05) is 12.1 Å². The third kappa shape index (κ3) is 2.84. The Morgan fingerprint density at radius 1 is 1.39 bits per heavy atom. The first-order valence-electron chi connectivity index (χ1n) is 5.84. The van der Waals surface area contributed by atoms with Crippen LogP contribution in [0.1, 0.15) is 30.6 Å². The summed E-state index contributed by atoms with van der Waals surface area (Å²) in [5, 5.41) is 10.1. The molecule has 0 bridgehead atoms. The van der Waals surface area contributed by atoms with Gasteiger partial charge in [-0.25, -0.2) is 0 Å². The molecule has 100 valence electrons. The zero-order valence-corrected chi connectivity index (χ0v) is 9.95. The smallest absolute Gasteiger partial charge is 0.388 e. The Labute approximate surface area is 103 Å². The molecule has 2 nitrogen and oxygen atoms in total. The van der Waals surface area contributed by atoms with Gasteiger partial charge in [-0.15, -0.1) is 0 Å². The van der Waals surface area contributed by atoms with Crippen molar-refractivity contribution in [1.29, 1.82) is 0 Å². The molecule has 1 fully saturated rings. The Kier molecular flexibility index (Phi) is 3.64. The van der Waals surface area contributed by atoms with Gasteiger partial charge in [-0.2, -0.15) is 13.2 Å². The van der Waals surface area contributed by atoms with Gasteiger partial charge in [0.05, 0.1) is 24.4 Å². The van der Waals surface area contributed by atoms with E-state index < -0.39 is 17.8 Å². The molecule has 2 rings (SSSR count). The zero-order valence-electron chi connectivity index (χ0n) is 9.95. The van der Waals surface area contributed by atoms with E-state index in [0.717, 1.165) is 12.1 Å². The molecular formula is C13H15F3O2. The van der Waals surface area contributed by atoms with Crippen LogP contribution >= 0.6 is 0 Å². The minimum atomic E-state index is -4.38. The maximum absolute atomic E-state index is 12.6. The molecular weight excluding hydrogens is 245 g/mol. The number of aliphatic hydroxyl groups is 1. The van der Waals surface area contributed by atoms with E-state index in [9.17, 15) is 18.3 Å². The molecule has 1 aliphatic heterocycles. The summed E-state index contributed by atoms with van der Waals surface area (Å²) in [6.45, 7) is 2.28. The van der Waals surface area contributed by atoms with Gasteiger partial charge in [0.1, 0.15) is 0 Å². The lowest BCUT2D eigenvalue weighted by molar-refractivity contribution is -0.137. The molecule has 0 spiro atoms. The lowest BCUT2D eigenvalue weighted by atomic mass is 9.93. The van der Waals surface area contributed by atoms with E-state index in [2.05, 4.69) is 0 Å². The maximum Gasteiger partial charge on any atom is 0.416 e. The highest BCUT2D eigenvalue weighted by molar-refractivity contribution is 5.27. The molecule has 0 amide bonds. The van der Waals surface area contributed by atoms with Crippen molar-refractivity contribution in [3.05, 3.63) is 35.4 Å². The van der Waals surface area contributed by atoms with Gasteiger partial charge in [0.25, 0.3) is 0 Å². The summed E-state index contributed by atoms with van der Waals surface area (Å²) in [7, 11) is 0. The number of benzene rings is 1. The number of ether oxygens (including phenoxy) is 1. The fourth-order valence-corrected chi connectivity index (χ4v) is 2.24. The van der Waals surface area contributed by atoms with Crippen LogP contribution in [0.2, 0.25) is 0 Å². The largest absolute Gasteiger partial charge is 0.416 e. The van der Waals surface area contributed by atoms with Crippen molar-refractivity contribution in [3.63, 3.8) is 0 Å². The summed E-state index contributed by atoms with van der Waals surface area (Å²) in [5.41, 5.74) is -0.432. The van der Waals surface area contributed by atoms with E-state index in [0.29, 0.717) is 18.6 Å². The third-order valence-electron chi connectivity index (χ3n) is 3.23. The Morgan fingerprint density at radius 3 is 2.67 bits per heavy atom. The molecule has 18 heavy (non-hydrogen) atoms. The van der Waals surface area contributed by atoms with Crippen LogP contribution in [0, 0.1) is 5.92 Å². The third-order valence-corrected chi connectivity index (χ3v) is 3.23. The normalized spacial score (nSPS) is 26.3. The molecule has 5 heteroatoms. The second-order valence-corrected chi connectivity index (χ2v) is 4.71. The van der Waals surface area contributed by atoms with Crippen molar-refractivity contribution < 1.29 is 23.0 Å². The van der Waals surface area contributed by atoms with Crippen LogP contribution in [0.5, 0.6) is 0 Å². The molecule has 1 heterocycles. The summed E-state index contributed by atoms with van der Waals surface area (Å²) in [4.78, 5) is 0. The first-order valence-corrected chi connectivity index (χ1v) is 5.84. The van der Waals surface area contributed by atoms with E-state index in [1.54, 1.807) is 0 Å². The van der Waals surface area contributed by atoms with Crippen LogP contribution in [-0.2, 0) is 10.9 Å². The highest BCUT2D eigenvalue weighted by atomic mass is 19.4. The minimum absolute atomic E-state index is 0.0513. The summed E-state index contributed by atoms with van der Waals surface area (Å²) in [5.74, 6) is -0.136. The quantitative estimate of drug-likeness (QED) is 0.885. The Balaban J connectivity index is 2.18. The fraction of sp³-hybridized carbons (Fsp3) is 0.538. The number of alkyl halides is 3. The molecule has 0 aromatic heterocycles. The molecule has 3 unspecified atom stereocenters. The number of rotatable bonds is 2. The van der Waals surface area contributed by atoms with E-state index in [4.69, 9.17) is 4.74 Å². The van der Waals surface area contributed by atoms with Crippen molar-refractivity contribution in [3.8, 4) is 0 Å². The summed E-state index contributed by atoms with van der Waals surface area (Å²) < 4.78 is 43.0. The summed E-state index contributed by atoms with van der Waals surface area (Å²) in [6, 6.07) is 4.85. The Bertz CT molecular complexity index is 417. The topological polar surface area (TPSA) is 29.5 Å². The van der Waals surface area contributed by atoms with E-state index in [1.807, 2.05) is 6.92 Å². The maximum atomic E-state index is 12.6. The fourth-order valence-electron chi connectivity index (χ4n) is 2.24. The van der Waals surface area contributed by atoms with Gasteiger partial charge >= 0.3 is 6.18 Å². The first-order chi connectivity index (χ1) is 8.38. The molecule has 3 atom stereocenters. The molecule has 1 aromatic rings. The summed E-state index contributed by atoms with van der Waals surface area (Å²) >= 11 is 0. The first kappa shape index (κ1) is 13.4. The minimum Gasteiger partial charge on any atom is -0.388 e. The van der Waals surface area contributed by atoms with E-state index >= 15 is 0 Å². The van der Waals surface area contributed by atoms with Gasteiger partial charge in [0.15, 0.2) is 0 Å². The SMILES string of the molecule is CC1CC(C(O)c2cccc(C(F)(F)F)c2)CO1. The molecule has 0 radical (unpaired) electrons. The van der Waals surface area contributed by atoms with Crippen molar-refractivity contribution in [1.82, 2.24) is 0 Å². The monoisotopic (exact) mass is 260 g/mol. The number of hydrogen-bond donors (Lipinski definition) is 1. The molecule has 1 saturated heterocycles. The number of halogens is 3. The van der Waals surface area contributed by atoms with Crippen LogP contribution in [-0.4, -0.2) is 17.8 Å². The molecule has 1 N–H and O–H groups in total. The zero-order chi connectivity index (χ0) is 13.3. The second-order valence-electron chi connectivity index (χ2n) is 4.71. The van der Waals surface area contributed by atoms with Gasteiger partial charge in [0, 0.05) is 5.92 Å². The molecule has 0 saturated carbocycles. The summed E-state index contributed by atoms with van der Waals surface area (Å²) in [6.07, 6.45) is -4.57. The molecule has 1 aromatic carbocycles. The Hall–Kier alpha value is -1.07.